The Kier molecular flexibility index (Phi) is 18.7. The fourth-order valence-corrected chi connectivity index (χ4v) is 26.0. The van der Waals surface area contributed by atoms with Gasteiger partial charge in [0.05, 0.1) is 0 Å². The topological polar surface area (TPSA) is 0 Å². The van der Waals surface area contributed by atoms with Crippen molar-refractivity contribution in [1.82, 2.24) is 0 Å². The van der Waals surface area contributed by atoms with E-state index in [9.17, 15) is 0 Å². The van der Waals surface area contributed by atoms with Gasteiger partial charge in [0.15, 0.2) is 0 Å². The molecule has 2 atom stereocenters. The quantitative estimate of drug-likeness (QED) is 0.111. The summed E-state index contributed by atoms with van der Waals surface area (Å²) in [5.41, 5.74) is 5.83. The molecule has 0 spiro atoms. The van der Waals surface area contributed by atoms with Crippen molar-refractivity contribution in [2.45, 2.75) is 176 Å². The summed E-state index contributed by atoms with van der Waals surface area (Å²) in [5.74, 6) is 0. The Labute approximate surface area is 361 Å². The van der Waals surface area contributed by atoms with Gasteiger partial charge in [-0.05, 0) is 135 Å². The van der Waals surface area contributed by atoms with Gasteiger partial charge in [0.1, 0.15) is 0 Å². The van der Waals surface area contributed by atoms with Crippen molar-refractivity contribution in [2.24, 2.45) is 0 Å². The molecule has 0 aromatic heterocycles. The summed E-state index contributed by atoms with van der Waals surface area (Å²) in [6, 6.07) is 44.5. The van der Waals surface area contributed by atoms with E-state index in [-0.39, 0.29) is 0 Å². The third kappa shape index (κ3) is 12.6. The molecule has 4 aliphatic rings. The van der Waals surface area contributed by atoms with Crippen molar-refractivity contribution in [3.63, 3.8) is 0 Å². The first-order valence-electron chi connectivity index (χ1n) is 24.0. The van der Waals surface area contributed by atoms with Crippen LogP contribution >= 0.6 is 31.7 Å². The lowest BCUT2D eigenvalue weighted by Gasteiger charge is -2.42. The second-order valence-electron chi connectivity index (χ2n) is 18.2. The summed E-state index contributed by atoms with van der Waals surface area (Å²) in [6.45, 7) is 4.94. The lowest BCUT2D eigenvalue weighted by Crippen LogP contribution is -2.31. The molecule has 0 heterocycles. The zero-order chi connectivity index (χ0) is 39.8. The van der Waals surface area contributed by atoms with Crippen molar-refractivity contribution >= 4 is 52.9 Å². The molecule has 4 aromatic carbocycles. The van der Waals surface area contributed by atoms with Gasteiger partial charge in [-0.1, -0.05) is 228 Å². The van der Waals surface area contributed by atoms with E-state index in [0.29, 0.717) is 27.2 Å². The van der Waals surface area contributed by atoms with Crippen LogP contribution in [0, 0.1) is 0 Å². The lowest BCUT2D eigenvalue weighted by molar-refractivity contribution is 0.482. The van der Waals surface area contributed by atoms with Gasteiger partial charge in [-0.15, -0.1) is 0 Å². The summed E-state index contributed by atoms with van der Waals surface area (Å²) in [7, 11) is -0.208. The third-order valence-electron chi connectivity index (χ3n) is 14.4. The molecular weight excluding hydrogens is 772 g/mol. The highest BCUT2D eigenvalue weighted by Crippen LogP contribution is 2.61. The molecule has 8 rings (SSSR count). The first kappa shape index (κ1) is 44.6. The molecule has 4 heteroatoms. The Morgan fingerprint density at radius 3 is 0.741 bits per heavy atom. The molecule has 4 aliphatic carbocycles. The van der Waals surface area contributed by atoms with Gasteiger partial charge in [-0.25, -0.2) is 0 Å². The van der Waals surface area contributed by atoms with Crippen molar-refractivity contribution in [1.29, 1.82) is 0 Å². The molecular formula is C54H76P4. The minimum Gasteiger partial charge on any atom is -0.1000 e. The van der Waals surface area contributed by atoms with Crippen LogP contribution in [0.1, 0.15) is 142 Å². The molecule has 0 radical (unpaired) electrons. The molecule has 0 aliphatic heterocycles. The molecule has 0 bridgehead atoms. The molecule has 2 unspecified atom stereocenters. The summed E-state index contributed by atoms with van der Waals surface area (Å²) >= 11 is 0. The lowest BCUT2D eigenvalue weighted by atomic mass is 9.99. The highest BCUT2D eigenvalue weighted by atomic mass is 31.1. The molecule has 0 N–H and O–H groups in total. The highest BCUT2D eigenvalue weighted by molar-refractivity contribution is 7.77. The van der Waals surface area contributed by atoms with Crippen molar-refractivity contribution < 1.29 is 0 Å². The van der Waals surface area contributed by atoms with Crippen LogP contribution in [-0.2, 0) is 0 Å². The van der Waals surface area contributed by atoms with E-state index >= 15 is 0 Å². The van der Waals surface area contributed by atoms with Crippen LogP contribution in [0.25, 0.3) is 0 Å². The first-order chi connectivity index (χ1) is 28.7. The van der Waals surface area contributed by atoms with E-state index in [1.807, 2.05) is 0 Å². The van der Waals surface area contributed by atoms with E-state index in [2.05, 4.69) is 135 Å². The molecule has 0 saturated heterocycles. The van der Waals surface area contributed by atoms with E-state index in [0.717, 1.165) is 0 Å². The van der Waals surface area contributed by atoms with Crippen molar-refractivity contribution in [3.8, 4) is 0 Å². The van der Waals surface area contributed by atoms with Gasteiger partial charge in [-0.2, -0.15) is 0 Å². The molecule has 4 aromatic rings. The normalized spacial score (nSPS) is 20.2. The SMILES string of the molecule is C1CCC(P(CCP(C2CCCCC2)C2CCCCC2)C2CCCCC2)CC1.CC(C(C)P(c1ccccc1)c1ccccc1)P(c1ccccc1)c1ccccc1. The third-order valence-corrected chi connectivity index (χ3v) is 28.3. The van der Waals surface area contributed by atoms with Crippen LogP contribution in [0.2, 0.25) is 0 Å². The van der Waals surface area contributed by atoms with E-state index in [1.165, 1.54) is 43.9 Å². The van der Waals surface area contributed by atoms with Crippen LogP contribution in [0.3, 0.4) is 0 Å². The predicted octanol–water partition coefficient (Wildman–Crippen LogP) is 15.3. The standard InChI is InChI=1S/C28H28P2.C26H48P2/c1-23(29(25-15-7-3-8-16-25)26-17-9-4-10-18-26)24(2)30(27-19-11-5-12-20-27)28-21-13-6-14-22-28;1-5-13-23(14-6-1)27(24-15-7-2-8-16-24)21-22-28(25-17-9-3-10-18-25)26-19-11-4-12-20-26/h3-24H,1-2H3;23-26H,1-22H2. The number of hydrogen-bond donors (Lipinski definition) is 0. The molecule has 4 saturated carbocycles. The average molecular weight is 849 g/mol. The molecule has 0 nitrogen and oxygen atoms in total. The van der Waals surface area contributed by atoms with Gasteiger partial charge in [0.25, 0.3) is 0 Å². The summed E-state index contributed by atoms with van der Waals surface area (Å²) < 4.78 is 0. The Morgan fingerprint density at radius 2 is 0.534 bits per heavy atom. The second-order valence-corrected chi connectivity index (χ2v) is 29.3. The summed E-state index contributed by atoms with van der Waals surface area (Å²) in [4.78, 5) is 0. The molecule has 312 valence electrons. The van der Waals surface area contributed by atoms with Crippen LogP contribution in [0.15, 0.2) is 121 Å². The minimum absolute atomic E-state index is 0.345. The smallest absolute Gasteiger partial charge is 0.00861 e. The van der Waals surface area contributed by atoms with Gasteiger partial charge in [-0.3, -0.25) is 0 Å². The van der Waals surface area contributed by atoms with Crippen LogP contribution in [0.4, 0.5) is 0 Å². The molecule has 0 amide bonds. The Hall–Kier alpha value is -1.40. The molecule has 58 heavy (non-hydrogen) atoms. The van der Waals surface area contributed by atoms with Crippen molar-refractivity contribution in [3.05, 3.63) is 121 Å². The number of rotatable bonds is 14. The van der Waals surface area contributed by atoms with Gasteiger partial charge in [0, 0.05) is 0 Å². The van der Waals surface area contributed by atoms with Gasteiger partial charge >= 0.3 is 0 Å². The maximum Gasteiger partial charge on any atom is -0.00861 e. The van der Waals surface area contributed by atoms with Crippen LogP contribution < -0.4 is 21.2 Å². The van der Waals surface area contributed by atoms with Gasteiger partial charge in [0.2, 0.25) is 0 Å². The Morgan fingerprint density at radius 1 is 0.328 bits per heavy atom. The Balaban J connectivity index is 0.000000177. The zero-order valence-corrected chi connectivity index (χ0v) is 39.9. The van der Waals surface area contributed by atoms with E-state index in [1.54, 1.807) is 141 Å². The monoisotopic (exact) mass is 848 g/mol. The highest BCUT2D eigenvalue weighted by Gasteiger charge is 2.36. The fourth-order valence-electron chi connectivity index (χ4n) is 11.2. The van der Waals surface area contributed by atoms with Crippen molar-refractivity contribution in [2.75, 3.05) is 12.3 Å². The Bertz CT molecular complexity index is 1420. The maximum absolute atomic E-state index is 2.47. The fraction of sp³-hybridized carbons (Fsp3) is 0.556. The number of hydrogen-bond acceptors (Lipinski definition) is 0. The number of benzene rings is 4. The van der Waals surface area contributed by atoms with E-state index in [4.69, 9.17) is 0 Å². The minimum atomic E-state index is -0.448. The van der Waals surface area contributed by atoms with Crippen LogP contribution in [0.5, 0.6) is 0 Å². The van der Waals surface area contributed by atoms with Crippen LogP contribution in [-0.4, -0.2) is 46.3 Å². The second kappa shape index (κ2) is 24.3. The summed E-state index contributed by atoms with van der Waals surface area (Å²) in [5, 5.41) is 5.87. The first-order valence-corrected chi connectivity index (χ1v) is 30.1. The average Bonchev–Trinajstić information content (AvgIpc) is 3.31. The molecule has 4 fully saturated rings. The zero-order valence-electron chi connectivity index (χ0n) is 36.4. The maximum atomic E-state index is 2.47. The van der Waals surface area contributed by atoms with Gasteiger partial charge < -0.3 is 0 Å². The largest absolute Gasteiger partial charge is 0.1000 e. The summed E-state index contributed by atoms with van der Waals surface area (Å²) in [6.07, 6.45) is 35.1. The van der Waals surface area contributed by atoms with E-state index < -0.39 is 15.8 Å². The predicted molar refractivity (Wildman–Crippen MR) is 268 cm³/mol.